The Bertz CT molecular complexity index is 938. The van der Waals surface area contributed by atoms with Crippen molar-refractivity contribution in [3.63, 3.8) is 0 Å². The second-order valence-corrected chi connectivity index (χ2v) is 5.56. The lowest BCUT2D eigenvalue weighted by atomic mass is 10.1. The highest BCUT2D eigenvalue weighted by Gasteiger charge is 2.12. The summed E-state index contributed by atoms with van der Waals surface area (Å²) in [6, 6.07) is 15.8. The SMILES string of the molecule is Oc1ccccc1-c1coc(Cc2ccn(-c3ccccc3O)n2)n1. The topological polar surface area (TPSA) is 84.3 Å². The standard InChI is InChI=1S/C19H15N3O3/c23-17-7-3-1-5-14(17)15-12-25-19(20-15)11-13-9-10-22(21-13)16-6-2-4-8-18(16)24/h1-10,12,23-24H,11H2. The largest absolute Gasteiger partial charge is 0.507 e. The normalized spacial score (nSPS) is 10.9. The van der Waals surface area contributed by atoms with E-state index >= 15 is 0 Å². The lowest BCUT2D eigenvalue weighted by molar-refractivity contribution is 0.470. The van der Waals surface area contributed by atoms with Crippen molar-refractivity contribution in [2.75, 3.05) is 0 Å². The van der Waals surface area contributed by atoms with E-state index in [4.69, 9.17) is 4.42 Å². The van der Waals surface area contributed by atoms with Gasteiger partial charge in [0.1, 0.15) is 29.1 Å². The van der Waals surface area contributed by atoms with Crippen LogP contribution >= 0.6 is 0 Å². The molecular formula is C19H15N3O3. The number of oxazole rings is 1. The maximum atomic E-state index is 9.90. The molecule has 4 aromatic rings. The summed E-state index contributed by atoms with van der Waals surface area (Å²) in [5.74, 6) is 0.821. The number of rotatable bonds is 4. The lowest BCUT2D eigenvalue weighted by Gasteiger charge is -2.03. The average molecular weight is 333 g/mol. The maximum absolute atomic E-state index is 9.90. The van der Waals surface area contributed by atoms with Crippen LogP contribution in [0, 0.1) is 0 Å². The predicted octanol–water partition coefficient (Wildman–Crippen LogP) is 3.53. The van der Waals surface area contributed by atoms with Gasteiger partial charge < -0.3 is 14.6 Å². The highest BCUT2D eigenvalue weighted by Crippen LogP contribution is 2.28. The van der Waals surface area contributed by atoms with Gasteiger partial charge in [0.2, 0.25) is 5.89 Å². The van der Waals surface area contributed by atoms with Gasteiger partial charge in [0, 0.05) is 11.8 Å². The molecule has 0 saturated heterocycles. The van der Waals surface area contributed by atoms with Crippen LogP contribution in [0.25, 0.3) is 16.9 Å². The summed E-state index contributed by atoms with van der Waals surface area (Å²) in [6.45, 7) is 0. The molecule has 6 nitrogen and oxygen atoms in total. The van der Waals surface area contributed by atoms with E-state index in [2.05, 4.69) is 10.1 Å². The van der Waals surface area contributed by atoms with Gasteiger partial charge in [-0.25, -0.2) is 9.67 Å². The van der Waals surface area contributed by atoms with Crippen molar-refractivity contribution in [1.29, 1.82) is 0 Å². The number of para-hydroxylation sites is 3. The first-order chi connectivity index (χ1) is 12.2. The molecule has 0 aliphatic carbocycles. The maximum Gasteiger partial charge on any atom is 0.200 e. The molecule has 0 bridgehead atoms. The fourth-order valence-corrected chi connectivity index (χ4v) is 2.61. The second-order valence-electron chi connectivity index (χ2n) is 5.56. The fraction of sp³-hybridized carbons (Fsp3) is 0.0526. The number of hydrogen-bond donors (Lipinski definition) is 2. The van der Waals surface area contributed by atoms with Gasteiger partial charge in [-0.15, -0.1) is 0 Å². The second kappa shape index (κ2) is 6.16. The van der Waals surface area contributed by atoms with E-state index < -0.39 is 0 Å². The summed E-state index contributed by atoms with van der Waals surface area (Å²) in [6.07, 6.45) is 3.70. The molecule has 0 radical (unpaired) electrons. The summed E-state index contributed by atoms with van der Waals surface area (Å²) in [5.41, 5.74) is 2.57. The molecule has 0 fully saturated rings. The number of nitrogens with zero attached hydrogens (tertiary/aromatic N) is 3. The van der Waals surface area contributed by atoms with Crippen molar-refractivity contribution < 1.29 is 14.6 Å². The highest BCUT2D eigenvalue weighted by molar-refractivity contribution is 5.65. The quantitative estimate of drug-likeness (QED) is 0.597. The van der Waals surface area contributed by atoms with Crippen LogP contribution in [0.5, 0.6) is 11.5 Å². The Morgan fingerprint density at radius 2 is 1.68 bits per heavy atom. The van der Waals surface area contributed by atoms with Gasteiger partial charge in [-0.3, -0.25) is 0 Å². The molecule has 6 heteroatoms. The van der Waals surface area contributed by atoms with Crippen LogP contribution < -0.4 is 0 Å². The molecule has 0 aliphatic heterocycles. The number of phenolic OH excluding ortho intramolecular Hbond substituents is 2. The number of aromatic hydroxyl groups is 2. The molecule has 2 N–H and O–H groups in total. The Hall–Kier alpha value is -3.54. The van der Waals surface area contributed by atoms with Gasteiger partial charge in [-0.1, -0.05) is 24.3 Å². The van der Waals surface area contributed by atoms with E-state index in [0.717, 1.165) is 5.69 Å². The fourth-order valence-electron chi connectivity index (χ4n) is 2.61. The number of phenols is 2. The third-order valence-electron chi connectivity index (χ3n) is 3.84. The molecule has 0 unspecified atom stereocenters. The summed E-state index contributed by atoms with van der Waals surface area (Å²) >= 11 is 0. The molecule has 2 aromatic carbocycles. The predicted molar refractivity (Wildman–Crippen MR) is 91.6 cm³/mol. The first-order valence-corrected chi connectivity index (χ1v) is 7.76. The van der Waals surface area contributed by atoms with E-state index in [1.54, 1.807) is 47.3 Å². The van der Waals surface area contributed by atoms with Crippen molar-refractivity contribution in [2.24, 2.45) is 0 Å². The van der Waals surface area contributed by atoms with Crippen LogP contribution in [0.4, 0.5) is 0 Å². The Balaban J connectivity index is 1.56. The van der Waals surface area contributed by atoms with Crippen LogP contribution in [0.15, 0.2) is 71.5 Å². The molecule has 2 aromatic heterocycles. The van der Waals surface area contributed by atoms with Crippen LogP contribution in [-0.2, 0) is 6.42 Å². The smallest absolute Gasteiger partial charge is 0.200 e. The van der Waals surface area contributed by atoms with Gasteiger partial charge in [0.15, 0.2) is 0 Å². The average Bonchev–Trinajstić information content (AvgIpc) is 3.26. The molecule has 2 heterocycles. The van der Waals surface area contributed by atoms with Gasteiger partial charge >= 0.3 is 0 Å². The molecule has 0 atom stereocenters. The molecule has 0 aliphatic rings. The van der Waals surface area contributed by atoms with Crippen LogP contribution in [0.1, 0.15) is 11.6 Å². The lowest BCUT2D eigenvalue weighted by Crippen LogP contribution is -1.97. The van der Waals surface area contributed by atoms with Gasteiger partial charge in [-0.2, -0.15) is 5.10 Å². The zero-order valence-electron chi connectivity index (χ0n) is 13.2. The van der Waals surface area contributed by atoms with E-state index in [1.165, 1.54) is 6.26 Å². The Kier molecular flexibility index (Phi) is 3.70. The number of aromatic nitrogens is 3. The Morgan fingerprint density at radius 3 is 2.48 bits per heavy atom. The molecule has 0 saturated carbocycles. The van der Waals surface area contributed by atoms with Gasteiger partial charge in [0.05, 0.1) is 12.1 Å². The third-order valence-corrected chi connectivity index (χ3v) is 3.84. The van der Waals surface area contributed by atoms with Gasteiger partial charge in [0.25, 0.3) is 0 Å². The van der Waals surface area contributed by atoms with E-state index in [-0.39, 0.29) is 11.5 Å². The summed E-state index contributed by atoms with van der Waals surface area (Å²) in [7, 11) is 0. The minimum atomic E-state index is 0.159. The van der Waals surface area contributed by atoms with E-state index in [1.807, 2.05) is 18.2 Å². The molecule has 4 rings (SSSR count). The van der Waals surface area contributed by atoms with Crippen molar-refractivity contribution in [3.8, 4) is 28.4 Å². The molecule has 0 spiro atoms. The molecule has 25 heavy (non-hydrogen) atoms. The van der Waals surface area contributed by atoms with Crippen LogP contribution in [0.2, 0.25) is 0 Å². The first-order valence-electron chi connectivity index (χ1n) is 7.76. The minimum Gasteiger partial charge on any atom is -0.507 e. The zero-order valence-corrected chi connectivity index (χ0v) is 13.2. The van der Waals surface area contributed by atoms with Gasteiger partial charge in [-0.05, 0) is 30.3 Å². The summed E-state index contributed by atoms with van der Waals surface area (Å²) in [5, 5.41) is 24.2. The van der Waals surface area contributed by atoms with Crippen LogP contribution in [0.3, 0.4) is 0 Å². The van der Waals surface area contributed by atoms with Crippen molar-refractivity contribution in [3.05, 3.63) is 78.6 Å². The van der Waals surface area contributed by atoms with E-state index in [0.29, 0.717) is 29.3 Å². The third kappa shape index (κ3) is 2.97. The monoisotopic (exact) mass is 333 g/mol. The molecule has 0 amide bonds. The van der Waals surface area contributed by atoms with Crippen molar-refractivity contribution in [2.45, 2.75) is 6.42 Å². The highest BCUT2D eigenvalue weighted by atomic mass is 16.3. The number of benzene rings is 2. The van der Waals surface area contributed by atoms with Crippen molar-refractivity contribution in [1.82, 2.24) is 14.8 Å². The number of hydrogen-bond acceptors (Lipinski definition) is 5. The summed E-state index contributed by atoms with van der Waals surface area (Å²) in [4.78, 5) is 4.41. The zero-order chi connectivity index (χ0) is 17.2. The Labute approximate surface area is 143 Å². The van der Waals surface area contributed by atoms with Crippen molar-refractivity contribution >= 4 is 0 Å². The van der Waals surface area contributed by atoms with E-state index in [9.17, 15) is 10.2 Å². The first kappa shape index (κ1) is 15.0. The van der Waals surface area contributed by atoms with Crippen LogP contribution in [-0.4, -0.2) is 25.0 Å². The summed E-state index contributed by atoms with van der Waals surface area (Å²) < 4.78 is 7.10. The molecular weight excluding hydrogens is 318 g/mol. The minimum absolute atomic E-state index is 0.159. The Morgan fingerprint density at radius 1 is 0.920 bits per heavy atom. The molecule has 124 valence electrons.